The zero-order valence-corrected chi connectivity index (χ0v) is 23.8. The summed E-state index contributed by atoms with van der Waals surface area (Å²) in [6, 6.07) is 7.85. The Bertz CT molecular complexity index is 745. The van der Waals surface area contributed by atoms with E-state index in [1.165, 1.54) is 71.1 Å². The van der Waals surface area contributed by atoms with Crippen molar-refractivity contribution in [1.82, 2.24) is 0 Å². The molecular formula is C28H51NO6P+. The molecule has 8 heteroatoms. The predicted molar refractivity (Wildman–Crippen MR) is 145 cm³/mol. The highest BCUT2D eigenvalue weighted by molar-refractivity contribution is 7.47. The molecule has 2 atom stereocenters. The molecule has 2 unspecified atom stereocenters. The van der Waals surface area contributed by atoms with Gasteiger partial charge in [-0.25, -0.2) is 4.57 Å². The number of phosphoric acid groups is 1. The van der Waals surface area contributed by atoms with Crippen LogP contribution in [-0.2, 0) is 24.8 Å². The molecule has 208 valence electrons. The Hall–Kier alpha value is -1.24. The molecule has 1 aromatic rings. The van der Waals surface area contributed by atoms with Crippen molar-refractivity contribution in [2.75, 3.05) is 33.4 Å². The van der Waals surface area contributed by atoms with E-state index in [0.29, 0.717) is 19.6 Å². The largest absolute Gasteiger partial charge is 0.494 e. The highest BCUT2D eigenvalue weighted by Gasteiger charge is 2.24. The molecule has 3 N–H and O–H groups in total. The van der Waals surface area contributed by atoms with Gasteiger partial charge in [0.05, 0.1) is 26.8 Å². The quantitative estimate of drug-likeness (QED) is 0.129. The van der Waals surface area contributed by atoms with E-state index in [4.69, 9.17) is 13.8 Å². The topological polar surface area (TPSA) is 98.7 Å². The third kappa shape index (κ3) is 18.1. The van der Waals surface area contributed by atoms with Crippen molar-refractivity contribution in [3.63, 3.8) is 0 Å². The maximum Gasteiger partial charge on any atom is 0.472 e. The normalized spacial score (nSPS) is 13.9. The smallest absolute Gasteiger partial charge is 0.472 e. The lowest BCUT2D eigenvalue weighted by atomic mass is 9.95. The van der Waals surface area contributed by atoms with Crippen molar-refractivity contribution in [3.05, 3.63) is 29.8 Å². The van der Waals surface area contributed by atoms with Gasteiger partial charge in [0.2, 0.25) is 0 Å². The minimum absolute atomic E-state index is 0.0155. The summed E-state index contributed by atoms with van der Waals surface area (Å²) in [5.41, 5.74) is 1.01. The van der Waals surface area contributed by atoms with Gasteiger partial charge < -0.3 is 19.7 Å². The number of carbonyl (C=O) groups is 1. The Morgan fingerprint density at radius 2 is 1.61 bits per heavy atom. The van der Waals surface area contributed by atoms with Crippen LogP contribution >= 0.6 is 7.82 Å². The number of ketones is 1. The lowest BCUT2D eigenvalue weighted by Crippen LogP contribution is -2.80. The summed E-state index contributed by atoms with van der Waals surface area (Å²) in [5.74, 6) is 0.613. The van der Waals surface area contributed by atoms with E-state index in [9.17, 15) is 14.3 Å². The Morgan fingerprint density at radius 3 is 2.22 bits per heavy atom. The van der Waals surface area contributed by atoms with Gasteiger partial charge in [-0.15, -0.1) is 0 Å². The molecule has 36 heavy (non-hydrogen) atoms. The summed E-state index contributed by atoms with van der Waals surface area (Å²) in [7, 11) is -2.27. The zero-order valence-electron chi connectivity index (χ0n) is 22.9. The van der Waals surface area contributed by atoms with Gasteiger partial charge in [0, 0.05) is 6.42 Å². The van der Waals surface area contributed by atoms with E-state index in [2.05, 4.69) is 6.92 Å². The molecule has 0 saturated carbocycles. The van der Waals surface area contributed by atoms with Crippen LogP contribution < -0.4 is 10.1 Å². The molecule has 0 aliphatic heterocycles. The van der Waals surface area contributed by atoms with Crippen molar-refractivity contribution in [3.8, 4) is 5.75 Å². The van der Waals surface area contributed by atoms with Crippen LogP contribution in [0.5, 0.6) is 5.75 Å². The Labute approximate surface area is 219 Å². The van der Waals surface area contributed by atoms with E-state index in [0.717, 1.165) is 17.7 Å². The third-order valence-electron chi connectivity index (χ3n) is 6.15. The SMILES string of the molecule is CCCCCCCCCCCCCOc1cccc(CC(COP(=O)(O)OCC[NH2+]C)CC(C)=O)c1. The van der Waals surface area contributed by atoms with Gasteiger partial charge in [-0.2, -0.15) is 0 Å². The maximum absolute atomic E-state index is 12.1. The number of rotatable bonds is 24. The van der Waals surface area contributed by atoms with Gasteiger partial charge in [-0.05, 0) is 43.4 Å². The molecular weight excluding hydrogens is 477 g/mol. The number of nitrogens with two attached hydrogens (primary N) is 1. The number of ether oxygens (including phenoxy) is 1. The van der Waals surface area contributed by atoms with Crippen molar-refractivity contribution < 1.29 is 33.4 Å². The number of Topliss-reactive ketones (excluding diaryl/α,β-unsaturated/α-hetero) is 1. The first-order valence-corrected chi connectivity index (χ1v) is 15.5. The first-order chi connectivity index (χ1) is 17.4. The van der Waals surface area contributed by atoms with E-state index in [-0.39, 0.29) is 31.3 Å². The Morgan fingerprint density at radius 1 is 0.972 bits per heavy atom. The fourth-order valence-electron chi connectivity index (χ4n) is 4.17. The van der Waals surface area contributed by atoms with Crippen LogP contribution in [0.25, 0.3) is 0 Å². The molecule has 0 saturated heterocycles. The minimum Gasteiger partial charge on any atom is -0.494 e. The second-order valence-corrected chi connectivity index (χ2v) is 11.3. The van der Waals surface area contributed by atoms with Gasteiger partial charge in [-0.1, -0.05) is 83.3 Å². The molecule has 7 nitrogen and oxygen atoms in total. The van der Waals surface area contributed by atoms with Gasteiger partial charge in [0.1, 0.15) is 18.1 Å². The lowest BCUT2D eigenvalue weighted by Gasteiger charge is -2.18. The second-order valence-electron chi connectivity index (χ2n) is 9.80. The van der Waals surface area contributed by atoms with Crippen LogP contribution in [-0.4, -0.2) is 44.1 Å². The monoisotopic (exact) mass is 528 g/mol. The summed E-state index contributed by atoms with van der Waals surface area (Å²) >= 11 is 0. The minimum atomic E-state index is -4.13. The van der Waals surface area contributed by atoms with Crippen LogP contribution in [0.1, 0.15) is 96.5 Å². The Kier molecular flexibility index (Phi) is 18.9. The number of hydrogen-bond acceptors (Lipinski definition) is 5. The molecule has 0 aliphatic rings. The number of unbranched alkanes of at least 4 members (excludes halogenated alkanes) is 10. The average molecular weight is 529 g/mol. The molecule has 0 fully saturated rings. The van der Waals surface area contributed by atoms with E-state index < -0.39 is 7.82 Å². The fourth-order valence-corrected chi connectivity index (χ4v) is 4.98. The van der Waals surface area contributed by atoms with Crippen LogP contribution in [0.4, 0.5) is 0 Å². The first kappa shape index (κ1) is 32.8. The average Bonchev–Trinajstić information content (AvgIpc) is 2.83. The third-order valence-corrected chi connectivity index (χ3v) is 7.13. The van der Waals surface area contributed by atoms with Crippen LogP contribution in [0.2, 0.25) is 0 Å². The number of benzene rings is 1. The van der Waals surface area contributed by atoms with Crippen LogP contribution in [0.15, 0.2) is 24.3 Å². The van der Waals surface area contributed by atoms with Crippen molar-refractivity contribution in [2.24, 2.45) is 5.92 Å². The summed E-state index contributed by atoms with van der Waals surface area (Å²) in [5, 5.41) is 1.85. The predicted octanol–water partition coefficient (Wildman–Crippen LogP) is 5.84. The molecule has 0 bridgehead atoms. The van der Waals surface area contributed by atoms with Gasteiger partial charge >= 0.3 is 7.82 Å². The van der Waals surface area contributed by atoms with Gasteiger partial charge in [0.15, 0.2) is 0 Å². The second kappa shape index (κ2) is 20.8. The fraction of sp³-hybridized carbons (Fsp3) is 0.750. The highest BCUT2D eigenvalue weighted by atomic mass is 31.2. The maximum atomic E-state index is 12.1. The standard InChI is InChI=1S/C28H50NO6P/c1-4-5-6-7-8-9-10-11-12-13-14-19-33-28-17-15-16-26(23-28)22-27(21-25(2)30)24-35-36(31,32)34-20-18-29-3/h15-17,23,27,29H,4-14,18-22,24H2,1-3H3,(H,31,32)/p+1. The summed E-state index contributed by atoms with van der Waals surface area (Å²) < 4.78 is 28.2. The summed E-state index contributed by atoms with van der Waals surface area (Å²) in [6.07, 6.45) is 15.2. The van der Waals surface area contributed by atoms with E-state index in [1.807, 2.05) is 36.6 Å². The van der Waals surface area contributed by atoms with Gasteiger partial charge in [0.25, 0.3) is 0 Å². The number of hydrogen-bond donors (Lipinski definition) is 2. The molecule has 1 aromatic carbocycles. The van der Waals surface area contributed by atoms with Gasteiger partial charge in [-0.3, -0.25) is 9.05 Å². The zero-order chi connectivity index (χ0) is 26.5. The number of likely N-dealkylation sites (N-methyl/N-ethyl adjacent to an activating group) is 1. The Balaban J connectivity index is 2.34. The van der Waals surface area contributed by atoms with E-state index >= 15 is 0 Å². The molecule has 0 aliphatic carbocycles. The highest BCUT2D eigenvalue weighted by Crippen LogP contribution is 2.43. The molecule has 0 amide bonds. The summed E-state index contributed by atoms with van der Waals surface area (Å²) in [6.45, 7) is 5.14. The molecule has 1 rings (SSSR count). The number of carbonyl (C=O) groups excluding carboxylic acids is 1. The summed E-state index contributed by atoms with van der Waals surface area (Å²) in [4.78, 5) is 21.6. The number of phosphoric ester groups is 1. The van der Waals surface area contributed by atoms with E-state index in [1.54, 1.807) is 0 Å². The van der Waals surface area contributed by atoms with Crippen LogP contribution in [0, 0.1) is 5.92 Å². The van der Waals surface area contributed by atoms with Crippen LogP contribution in [0.3, 0.4) is 0 Å². The van der Waals surface area contributed by atoms with Crippen molar-refractivity contribution in [2.45, 2.75) is 97.3 Å². The van der Waals surface area contributed by atoms with Crippen molar-refractivity contribution in [1.29, 1.82) is 0 Å². The van der Waals surface area contributed by atoms with Crippen molar-refractivity contribution >= 4 is 13.6 Å². The first-order valence-electron chi connectivity index (χ1n) is 14.0. The molecule has 0 radical (unpaired) electrons. The molecule has 0 heterocycles. The lowest BCUT2D eigenvalue weighted by molar-refractivity contribution is -0.627. The molecule has 0 aromatic heterocycles. The number of quaternary nitrogens is 1. The molecule has 0 spiro atoms.